The SMILES string of the molecule is Cc1c(-c2ccc(/C=N/c3sc4c(c3C(=O)NC3CCCCC3)CCCC4)o2)cccc1[N+](=O)[O-]. The molecule has 0 aliphatic heterocycles. The molecule has 1 saturated carbocycles. The van der Waals surface area contributed by atoms with Gasteiger partial charge in [-0.25, -0.2) is 4.99 Å². The molecule has 0 atom stereocenters. The number of carbonyl (C=O) groups excluding carboxylic acids is 1. The van der Waals surface area contributed by atoms with Gasteiger partial charge in [0.05, 0.1) is 16.7 Å². The van der Waals surface area contributed by atoms with Crippen LogP contribution in [0.25, 0.3) is 11.3 Å². The third-order valence-corrected chi connectivity index (χ3v) is 8.22. The zero-order valence-electron chi connectivity index (χ0n) is 19.8. The Balaban J connectivity index is 1.41. The number of fused-ring (bicyclic) bond motifs is 1. The molecule has 1 N–H and O–H groups in total. The van der Waals surface area contributed by atoms with Crippen LogP contribution in [0.4, 0.5) is 10.7 Å². The van der Waals surface area contributed by atoms with Crippen LogP contribution in [0.15, 0.2) is 39.7 Å². The average Bonchev–Trinajstić information content (AvgIpc) is 3.48. The molecular formula is C27H29N3O4S. The van der Waals surface area contributed by atoms with E-state index in [4.69, 9.17) is 9.41 Å². The van der Waals surface area contributed by atoms with Crippen molar-refractivity contribution in [1.29, 1.82) is 0 Å². The Morgan fingerprint density at radius 3 is 2.74 bits per heavy atom. The number of hydrogen-bond donors (Lipinski definition) is 1. The lowest BCUT2D eigenvalue weighted by atomic mass is 9.93. The number of benzene rings is 1. The summed E-state index contributed by atoms with van der Waals surface area (Å²) in [6, 6.07) is 8.80. The highest BCUT2D eigenvalue weighted by Crippen LogP contribution is 2.40. The third kappa shape index (κ3) is 4.93. The molecule has 2 aromatic heterocycles. The minimum Gasteiger partial charge on any atom is -0.455 e. The van der Waals surface area contributed by atoms with Crippen molar-refractivity contribution in [3.63, 3.8) is 0 Å². The van der Waals surface area contributed by atoms with Gasteiger partial charge in [-0.3, -0.25) is 14.9 Å². The van der Waals surface area contributed by atoms with Gasteiger partial charge < -0.3 is 9.73 Å². The van der Waals surface area contributed by atoms with Gasteiger partial charge in [0, 0.05) is 28.1 Å². The van der Waals surface area contributed by atoms with E-state index >= 15 is 0 Å². The maximum atomic E-state index is 13.3. The van der Waals surface area contributed by atoms with Crippen LogP contribution >= 0.6 is 11.3 Å². The summed E-state index contributed by atoms with van der Waals surface area (Å²) in [7, 11) is 0. The minimum absolute atomic E-state index is 0.00389. The first kappa shape index (κ1) is 23.5. The standard InChI is InChI=1S/C27H29N3O4S/c1-17-20(11-7-12-22(17)30(32)33)23-15-14-19(34-23)16-28-27-25(21-10-5-6-13-24(21)35-27)26(31)29-18-8-3-2-4-9-18/h7,11-12,14-16,18H,2-6,8-10,13H2,1H3,(H,29,31)/b28-16+. The van der Waals surface area contributed by atoms with Gasteiger partial charge in [-0.05, 0) is 63.1 Å². The second-order valence-electron chi connectivity index (χ2n) is 9.37. The molecule has 0 spiro atoms. The maximum absolute atomic E-state index is 13.3. The summed E-state index contributed by atoms with van der Waals surface area (Å²) in [6.45, 7) is 1.72. The van der Waals surface area contributed by atoms with Crippen LogP contribution in [0.5, 0.6) is 0 Å². The van der Waals surface area contributed by atoms with Crippen molar-refractivity contribution in [3.05, 3.63) is 67.8 Å². The maximum Gasteiger partial charge on any atom is 0.273 e. The van der Waals surface area contributed by atoms with Crippen molar-refractivity contribution < 1.29 is 14.1 Å². The molecule has 2 aliphatic carbocycles. The lowest BCUT2D eigenvalue weighted by Crippen LogP contribution is -2.36. The Bertz CT molecular complexity index is 1280. The van der Waals surface area contributed by atoms with E-state index in [1.165, 1.54) is 30.2 Å². The van der Waals surface area contributed by atoms with E-state index in [-0.39, 0.29) is 22.6 Å². The van der Waals surface area contributed by atoms with Gasteiger partial charge in [-0.2, -0.15) is 0 Å². The Hall–Kier alpha value is -3.26. The van der Waals surface area contributed by atoms with E-state index in [2.05, 4.69) is 5.32 Å². The smallest absolute Gasteiger partial charge is 0.273 e. The first-order valence-electron chi connectivity index (χ1n) is 12.3. The van der Waals surface area contributed by atoms with Gasteiger partial charge in [-0.1, -0.05) is 31.4 Å². The largest absolute Gasteiger partial charge is 0.455 e. The third-order valence-electron chi connectivity index (χ3n) is 7.02. The minimum atomic E-state index is -0.386. The van der Waals surface area contributed by atoms with Crippen molar-refractivity contribution in [1.82, 2.24) is 5.32 Å². The second-order valence-corrected chi connectivity index (χ2v) is 10.5. The molecule has 2 heterocycles. The van der Waals surface area contributed by atoms with Crippen molar-refractivity contribution >= 4 is 34.1 Å². The van der Waals surface area contributed by atoms with Gasteiger partial charge in [0.25, 0.3) is 11.6 Å². The summed E-state index contributed by atoms with van der Waals surface area (Å²) < 4.78 is 5.96. The second kappa shape index (κ2) is 10.2. The van der Waals surface area contributed by atoms with Crippen molar-refractivity contribution in [2.75, 3.05) is 0 Å². The van der Waals surface area contributed by atoms with E-state index in [9.17, 15) is 14.9 Å². The molecule has 8 heteroatoms. The highest BCUT2D eigenvalue weighted by molar-refractivity contribution is 7.16. The summed E-state index contributed by atoms with van der Waals surface area (Å²) in [6.07, 6.45) is 11.5. The van der Waals surface area contributed by atoms with Crippen molar-refractivity contribution in [3.8, 4) is 11.3 Å². The van der Waals surface area contributed by atoms with E-state index in [1.807, 2.05) is 6.07 Å². The Kier molecular flexibility index (Phi) is 6.81. The predicted molar refractivity (Wildman–Crippen MR) is 138 cm³/mol. The number of rotatable bonds is 6. The van der Waals surface area contributed by atoms with Gasteiger partial charge in [0.1, 0.15) is 16.5 Å². The van der Waals surface area contributed by atoms with E-state index < -0.39 is 0 Å². The predicted octanol–water partition coefficient (Wildman–Crippen LogP) is 6.92. The molecule has 1 fully saturated rings. The summed E-state index contributed by atoms with van der Waals surface area (Å²) in [4.78, 5) is 30.2. The Morgan fingerprint density at radius 1 is 1.14 bits per heavy atom. The molecule has 0 unspecified atom stereocenters. The number of nitro groups is 1. The zero-order valence-corrected chi connectivity index (χ0v) is 20.7. The van der Waals surface area contributed by atoms with Crippen molar-refractivity contribution in [2.24, 2.45) is 4.99 Å². The molecule has 182 valence electrons. The molecule has 7 nitrogen and oxygen atoms in total. The highest BCUT2D eigenvalue weighted by atomic mass is 32.1. The fraction of sp³-hybridized carbons (Fsp3) is 0.407. The molecule has 1 amide bonds. The molecular weight excluding hydrogens is 462 g/mol. The van der Waals surface area contributed by atoms with Crippen LogP contribution in [-0.2, 0) is 12.8 Å². The van der Waals surface area contributed by atoms with Gasteiger partial charge >= 0.3 is 0 Å². The highest BCUT2D eigenvalue weighted by Gasteiger charge is 2.27. The monoisotopic (exact) mass is 491 g/mol. The van der Waals surface area contributed by atoms with E-state index in [0.717, 1.165) is 54.7 Å². The number of amides is 1. The molecule has 1 aromatic carbocycles. The number of nitrogens with zero attached hydrogens (tertiary/aromatic N) is 2. The summed E-state index contributed by atoms with van der Waals surface area (Å²) >= 11 is 1.61. The number of nitro benzene ring substituents is 1. The number of aliphatic imine (C=N–C) groups is 1. The van der Waals surface area contributed by atoms with E-state index in [0.29, 0.717) is 22.6 Å². The molecule has 0 saturated heterocycles. The fourth-order valence-corrected chi connectivity index (χ4v) is 6.39. The number of carbonyl (C=O) groups is 1. The fourth-order valence-electron chi connectivity index (χ4n) is 5.16. The molecule has 0 bridgehead atoms. The van der Waals surface area contributed by atoms with Gasteiger partial charge in [-0.15, -0.1) is 11.3 Å². The molecule has 3 aromatic rings. The number of furan rings is 1. The normalized spacial score (nSPS) is 16.4. The Morgan fingerprint density at radius 2 is 1.94 bits per heavy atom. The average molecular weight is 492 g/mol. The van der Waals surface area contributed by atoms with Gasteiger partial charge in [0.2, 0.25) is 0 Å². The number of nitrogens with one attached hydrogen (secondary N) is 1. The zero-order chi connectivity index (χ0) is 24.4. The van der Waals surface area contributed by atoms with Crippen LogP contribution in [0.3, 0.4) is 0 Å². The topological polar surface area (TPSA) is 97.7 Å². The van der Waals surface area contributed by atoms with E-state index in [1.54, 1.807) is 42.7 Å². The van der Waals surface area contributed by atoms with Crippen LogP contribution in [-0.4, -0.2) is 23.1 Å². The van der Waals surface area contributed by atoms with Crippen LogP contribution < -0.4 is 5.32 Å². The number of thiophene rings is 1. The summed E-state index contributed by atoms with van der Waals surface area (Å²) in [5, 5.41) is 15.3. The first-order chi connectivity index (χ1) is 17.0. The number of aryl methyl sites for hydroxylation is 1. The Labute approximate surface area is 208 Å². The molecule has 0 radical (unpaired) electrons. The van der Waals surface area contributed by atoms with Crippen molar-refractivity contribution in [2.45, 2.75) is 70.8 Å². The molecule has 2 aliphatic rings. The number of hydrogen-bond acceptors (Lipinski definition) is 6. The first-order valence-corrected chi connectivity index (χ1v) is 13.2. The van der Waals surface area contributed by atoms with Gasteiger partial charge in [0.15, 0.2) is 0 Å². The van der Waals surface area contributed by atoms with Crippen LogP contribution in [0, 0.1) is 17.0 Å². The quantitative estimate of drug-likeness (QED) is 0.230. The molecule has 5 rings (SSSR count). The lowest BCUT2D eigenvalue weighted by molar-refractivity contribution is -0.385. The lowest BCUT2D eigenvalue weighted by Gasteiger charge is -2.23. The van der Waals surface area contributed by atoms with Crippen LogP contribution in [0.1, 0.15) is 77.1 Å². The van der Waals surface area contributed by atoms with Crippen LogP contribution in [0.2, 0.25) is 0 Å². The summed E-state index contributed by atoms with van der Waals surface area (Å²) in [5.41, 5.74) is 3.19. The molecule has 35 heavy (non-hydrogen) atoms. The summed E-state index contributed by atoms with van der Waals surface area (Å²) in [5.74, 6) is 1.08.